The third kappa shape index (κ3) is 3.40. The average Bonchev–Trinajstić information content (AvgIpc) is 3.10. The highest BCUT2D eigenvalue weighted by molar-refractivity contribution is 5.89. The van der Waals surface area contributed by atoms with E-state index in [-0.39, 0.29) is 17.9 Å². The van der Waals surface area contributed by atoms with Crippen LogP contribution in [0.4, 0.5) is 0 Å². The van der Waals surface area contributed by atoms with E-state index in [1.165, 1.54) is 11.1 Å². The Hall–Kier alpha value is -2.17. The number of aryl methyl sites for hydroxylation is 1. The van der Waals surface area contributed by atoms with Gasteiger partial charge in [0.2, 0.25) is 5.91 Å². The molecule has 2 fully saturated rings. The molecule has 4 nitrogen and oxygen atoms in total. The van der Waals surface area contributed by atoms with Gasteiger partial charge in [0, 0.05) is 38.3 Å². The zero-order chi connectivity index (χ0) is 18.9. The first-order valence-electron chi connectivity index (χ1n) is 9.85. The molecule has 0 saturated carbocycles. The van der Waals surface area contributed by atoms with Gasteiger partial charge in [0.25, 0.3) is 0 Å². The Kier molecular flexibility index (Phi) is 5.02. The molecule has 4 rings (SSSR count). The van der Waals surface area contributed by atoms with Crippen LogP contribution in [0.2, 0.25) is 0 Å². The molecule has 1 amide bonds. The number of nitrogens with two attached hydrogens (primary N) is 1. The van der Waals surface area contributed by atoms with E-state index in [1.807, 2.05) is 23.1 Å². The number of carbonyl (C=O) groups is 1. The number of ether oxygens (including phenoxy) is 1. The lowest BCUT2D eigenvalue weighted by Gasteiger charge is -2.39. The van der Waals surface area contributed by atoms with Crippen molar-refractivity contribution in [1.82, 2.24) is 4.90 Å². The normalized spacial score (nSPS) is 24.7. The Morgan fingerprint density at radius 1 is 1.04 bits per heavy atom. The lowest BCUT2D eigenvalue weighted by molar-refractivity contribution is -0.140. The van der Waals surface area contributed by atoms with Crippen molar-refractivity contribution < 1.29 is 9.53 Å². The molecule has 0 bridgehead atoms. The number of amides is 1. The van der Waals surface area contributed by atoms with Gasteiger partial charge >= 0.3 is 0 Å². The minimum absolute atomic E-state index is 0.0220. The standard InChI is InChI=1S/C23H28N2O2/c1-17-7-9-19(10-8-17)23(11-13-27-14-12-23)22(26)25-15-20(21(24)16-25)18-5-3-2-4-6-18/h2-10,20-21H,11-16,24H2,1H3/t20-,21+/m0/s1. The largest absolute Gasteiger partial charge is 0.381 e. The zero-order valence-electron chi connectivity index (χ0n) is 15.9. The van der Waals surface area contributed by atoms with Crippen molar-refractivity contribution in [3.05, 3.63) is 71.3 Å². The van der Waals surface area contributed by atoms with Gasteiger partial charge in [-0.15, -0.1) is 0 Å². The summed E-state index contributed by atoms with van der Waals surface area (Å²) in [7, 11) is 0. The van der Waals surface area contributed by atoms with E-state index < -0.39 is 5.41 Å². The van der Waals surface area contributed by atoms with E-state index in [0.29, 0.717) is 26.3 Å². The number of nitrogens with zero attached hydrogens (tertiary/aromatic N) is 1. The molecule has 27 heavy (non-hydrogen) atoms. The second-order valence-electron chi connectivity index (χ2n) is 7.95. The molecule has 2 aliphatic heterocycles. The van der Waals surface area contributed by atoms with Crippen LogP contribution in [-0.4, -0.2) is 43.2 Å². The van der Waals surface area contributed by atoms with Crippen molar-refractivity contribution in [3.8, 4) is 0 Å². The summed E-state index contributed by atoms with van der Waals surface area (Å²) in [6.07, 6.45) is 1.47. The smallest absolute Gasteiger partial charge is 0.233 e. The maximum Gasteiger partial charge on any atom is 0.233 e. The number of carbonyl (C=O) groups excluding carboxylic acids is 1. The topological polar surface area (TPSA) is 55.6 Å². The van der Waals surface area contributed by atoms with Gasteiger partial charge in [-0.3, -0.25) is 4.79 Å². The molecule has 0 radical (unpaired) electrons. The van der Waals surface area contributed by atoms with Gasteiger partial charge in [-0.25, -0.2) is 0 Å². The summed E-state index contributed by atoms with van der Waals surface area (Å²) in [4.78, 5) is 15.7. The van der Waals surface area contributed by atoms with E-state index in [4.69, 9.17) is 10.5 Å². The Bertz CT molecular complexity index is 782. The molecule has 2 aromatic rings. The Morgan fingerprint density at radius 2 is 1.70 bits per heavy atom. The van der Waals surface area contributed by atoms with Gasteiger partial charge in [-0.2, -0.15) is 0 Å². The van der Waals surface area contributed by atoms with Gasteiger partial charge < -0.3 is 15.4 Å². The van der Waals surface area contributed by atoms with Crippen molar-refractivity contribution in [2.45, 2.75) is 37.1 Å². The number of rotatable bonds is 3. The summed E-state index contributed by atoms with van der Waals surface area (Å²) < 4.78 is 5.60. The van der Waals surface area contributed by atoms with Gasteiger partial charge in [0.05, 0.1) is 5.41 Å². The summed E-state index contributed by atoms with van der Waals surface area (Å²) >= 11 is 0. The molecule has 142 valence electrons. The Balaban J connectivity index is 1.62. The van der Waals surface area contributed by atoms with Crippen molar-refractivity contribution in [3.63, 3.8) is 0 Å². The fourth-order valence-corrected chi connectivity index (χ4v) is 4.57. The van der Waals surface area contributed by atoms with E-state index in [1.54, 1.807) is 0 Å². The maximum atomic E-state index is 13.7. The van der Waals surface area contributed by atoms with Crippen LogP contribution >= 0.6 is 0 Å². The molecule has 4 heteroatoms. The number of hydrogen-bond donors (Lipinski definition) is 1. The highest BCUT2D eigenvalue weighted by Crippen LogP contribution is 2.39. The van der Waals surface area contributed by atoms with Crippen LogP contribution in [-0.2, 0) is 14.9 Å². The third-order valence-corrected chi connectivity index (χ3v) is 6.24. The first kappa shape index (κ1) is 18.2. The maximum absolute atomic E-state index is 13.7. The predicted octanol–water partition coefficient (Wildman–Crippen LogP) is 3.00. The summed E-state index contributed by atoms with van der Waals surface area (Å²) in [6, 6.07) is 18.7. The molecule has 2 aromatic carbocycles. The highest BCUT2D eigenvalue weighted by atomic mass is 16.5. The Labute approximate surface area is 161 Å². The third-order valence-electron chi connectivity index (χ3n) is 6.24. The Morgan fingerprint density at radius 3 is 2.37 bits per heavy atom. The summed E-state index contributed by atoms with van der Waals surface area (Å²) in [5.74, 6) is 0.411. The average molecular weight is 364 g/mol. The molecule has 2 aliphatic rings. The quantitative estimate of drug-likeness (QED) is 0.911. The molecule has 0 unspecified atom stereocenters. The lowest BCUT2D eigenvalue weighted by atomic mass is 9.73. The van der Waals surface area contributed by atoms with Crippen molar-refractivity contribution in [2.24, 2.45) is 5.73 Å². The van der Waals surface area contributed by atoms with Crippen molar-refractivity contribution in [2.75, 3.05) is 26.3 Å². The van der Waals surface area contributed by atoms with E-state index in [9.17, 15) is 4.79 Å². The van der Waals surface area contributed by atoms with Gasteiger partial charge in [0.1, 0.15) is 0 Å². The van der Waals surface area contributed by atoms with Crippen LogP contribution in [0.15, 0.2) is 54.6 Å². The fourth-order valence-electron chi connectivity index (χ4n) is 4.57. The van der Waals surface area contributed by atoms with Crippen molar-refractivity contribution in [1.29, 1.82) is 0 Å². The lowest BCUT2D eigenvalue weighted by Crippen LogP contribution is -2.49. The van der Waals surface area contributed by atoms with Crippen LogP contribution in [0.1, 0.15) is 35.4 Å². The van der Waals surface area contributed by atoms with E-state index in [2.05, 4.69) is 43.3 Å². The first-order chi connectivity index (χ1) is 13.1. The molecule has 0 aliphatic carbocycles. The fraction of sp³-hybridized carbons (Fsp3) is 0.435. The molecule has 2 N–H and O–H groups in total. The molecule has 0 spiro atoms. The first-order valence-corrected chi connectivity index (χ1v) is 9.85. The van der Waals surface area contributed by atoms with Crippen LogP contribution in [0.5, 0.6) is 0 Å². The van der Waals surface area contributed by atoms with Crippen LogP contribution in [0, 0.1) is 6.92 Å². The van der Waals surface area contributed by atoms with E-state index >= 15 is 0 Å². The molecule has 0 aromatic heterocycles. The van der Waals surface area contributed by atoms with Crippen molar-refractivity contribution >= 4 is 5.91 Å². The van der Waals surface area contributed by atoms with Gasteiger partial charge in [0.15, 0.2) is 0 Å². The minimum atomic E-state index is -0.489. The molecule has 2 saturated heterocycles. The summed E-state index contributed by atoms with van der Waals surface area (Å²) in [6.45, 7) is 4.64. The highest BCUT2D eigenvalue weighted by Gasteiger charge is 2.46. The monoisotopic (exact) mass is 364 g/mol. The van der Waals surface area contributed by atoms with Gasteiger partial charge in [-0.05, 0) is 30.9 Å². The minimum Gasteiger partial charge on any atom is -0.381 e. The summed E-state index contributed by atoms with van der Waals surface area (Å²) in [5, 5.41) is 0. The number of likely N-dealkylation sites (tertiary alicyclic amines) is 1. The zero-order valence-corrected chi connectivity index (χ0v) is 15.9. The molecular weight excluding hydrogens is 336 g/mol. The van der Waals surface area contributed by atoms with Crippen LogP contribution in [0.3, 0.4) is 0 Å². The van der Waals surface area contributed by atoms with Gasteiger partial charge in [-0.1, -0.05) is 60.2 Å². The predicted molar refractivity (Wildman–Crippen MR) is 107 cm³/mol. The molecule has 2 atom stereocenters. The van der Waals surface area contributed by atoms with Crippen LogP contribution in [0.25, 0.3) is 0 Å². The number of hydrogen-bond acceptors (Lipinski definition) is 3. The van der Waals surface area contributed by atoms with Crippen LogP contribution < -0.4 is 5.73 Å². The van der Waals surface area contributed by atoms with E-state index in [0.717, 1.165) is 18.4 Å². The second-order valence-corrected chi connectivity index (χ2v) is 7.95. The number of benzene rings is 2. The second kappa shape index (κ2) is 7.45. The molecular formula is C23H28N2O2. The SMILES string of the molecule is Cc1ccc(C2(C(=O)N3C[C@@H](N)[C@H](c4ccccc4)C3)CCOCC2)cc1. The molecule has 2 heterocycles. The summed E-state index contributed by atoms with van der Waals surface area (Å²) in [5.41, 5.74) is 9.50.